The second kappa shape index (κ2) is 5.02. The van der Waals surface area contributed by atoms with Gasteiger partial charge in [0.25, 0.3) is 0 Å². The quantitative estimate of drug-likeness (QED) is 0.876. The topological polar surface area (TPSA) is 15.3 Å². The number of rotatable bonds is 4. The summed E-state index contributed by atoms with van der Waals surface area (Å²) in [7, 11) is 0. The van der Waals surface area contributed by atoms with Gasteiger partial charge in [-0.05, 0) is 44.2 Å². The number of nitrogens with one attached hydrogen (secondary N) is 1. The zero-order chi connectivity index (χ0) is 12.5. The van der Waals surface area contributed by atoms with Crippen LogP contribution in [-0.2, 0) is 6.54 Å². The molecular weight excluding hydrogens is 220 g/mol. The maximum Gasteiger partial charge on any atom is 0.0211 e. The van der Waals surface area contributed by atoms with Gasteiger partial charge in [0.1, 0.15) is 0 Å². The molecule has 1 atom stereocenters. The largest absolute Gasteiger partial charge is 0.309 e. The molecule has 0 aromatic heterocycles. The molecule has 0 bridgehead atoms. The Morgan fingerprint density at radius 3 is 2.78 bits per heavy atom. The molecule has 1 aliphatic carbocycles. The summed E-state index contributed by atoms with van der Waals surface area (Å²) in [5.74, 6) is 0. The molecule has 3 rings (SSSR count). The molecule has 1 aromatic rings. The summed E-state index contributed by atoms with van der Waals surface area (Å²) < 4.78 is 0. The predicted molar refractivity (Wildman–Crippen MR) is 75.8 cm³/mol. The highest BCUT2D eigenvalue weighted by atomic mass is 15.2. The molecule has 18 heavy (non-hydrogen) atoms. The maximum absolute atomic E-state index is 3.73. The number of likely N-dealkylation sites (tertiary alicyclic amines) is 1. The van der Waals surface area contributed by atoms with Crippen LogP contribution < -0.4 is 5.32 Å². The number of benzene rings is 1. The lowest BCUT2D eigenvalue weighted by molar-refractivity contribution is 0.317. The summed E-state index contributed by atoms with van der Waals surface area (Å²) in [4.78, 5) is 2.67. The first-order chi connectivity index (χ1) is 8.72. The van der Waals surface area contributed by atoms with E-state index in [-0.39, 0.29) is 0 Å². The zero-order valence-corrected chi connectivity index (χ0v) is 11.6. The van der Waals surface area contributed by atoms with Crippen LogP contribution in [0.2, 0.25) is 0 Å². The summed E-state index contributed by atoms with van der Waals surface area (Å²) in [6.07, 6.45) is 4.19. The van der Waals surface area contributed by atoms with Gasteiger partial charge in [-0.3, -0.25) is 4.90 Å². The highest BCUT2D eigenvalue weighted by Gasteiger charge is 2.33. The summed E-state index contributed by atoms with van der Waals surface area (Å²) >= 11 is 0. The Balaban J connectivity index is 1.51. The van der Waals surface area contributed by atoms with Crippen molar-refractivity contribution in [2.24, 2.45) is 0 Å². The van der Waals surface area contributed by atoms with E-state index in [1.165, 1.54) is 49.0 Å². The monoisotopic (exact) mass is 244 g/mol. The third kappa shape index (κ3) is 2.76. The van der Waals surface area contributed by atoms with Crippen molar-refractivity contribution >= 4 is 0 Å². The van der Waals surface area contributed by atoms with E-state index in [2.05, 4.69) is 42.3 Å². The Labute approximate surface area is 110 Å². The molecule has 2 nitrogen and oxygen atoms in total. The molecule has 1 saturated heterocycles. The van der Waals surface area contributed by atoms with E-state index in [4.69, 9.17) is 0 Å². The molecule has 1 aromatic carbocycles. The average molecular weight is 244 g/mol. The first-order valence-electron chi connectivity index (χ1n) is 7.26. The maximum atomic E-state index is 3.73. The van der Waals surface area contributed by atoms with Crippen LogP contribution in [0, 0.1) is 13.8 Å². The third-order valence-electron chi connectivity index (χ3n) is 4.36. The van der Waals surface area contributed by atoms with Gasteiger partial charge in [-0.2, -0.15) is 0 Å². The van der Waals surface area contributed by atoms with Crippen LogP contribution >= 0.6 is 0 Å². The van der Waals surface area contributed by atoms with Crippen LogP contribution in [-0.4, -0.2) is 30.1 Å². The molecule has 2 heteroatoms. The summed E-state index contributed by atoms with van der Waals surface area (Å²) in [5, 5.41) is 3.73. The van der Waals surface area contributed by atoms with Gasteiger partial charge in [0, 0.05) is 31.7 Å². The Bertz CT molecular complexity index is 423. The second-order valence-corrected chi connectivity index (χ2v) is 6.02. The lowest BCUT2D eigenvalue weighted by Crippen LogP contribution is -2.33. The molecule has 1 unspecified atom stereocenters. The van der Waals surface area contributed by atoms with Gasteiger partial charge >= 0.3 is 0 Å². The number of hydrogen-bond donors (Lipinski definition) is 1. The summed E-state index contributed by atoms with van der Waals surface area (Å²) in [6, 6.07) is 8.40. The molecule has 1 aliphatic heterocycles. The standard InChI is InChI=1S/C16H24N2/c1-12-3-4-14(13(2)9-12)10-17-15-7-8-18(11-15)16-5-6-16/h3-4,9,15-17H,5-8,10-11H2,1-2H3. The SMILES string of the molecule is Cc1ccc(CNC2CCN(C3CC3)C2)c(C)c1. The molecule has 0 amide bonds. The van der Waals surface area contributed by atoms with E-state index in [1.54, 1.807) is 0 Å². The van der Waals surface area contributed by atoms with Crippen LogP contribution in [0.1, 0.15) is 36.0 Å². The van der Waals surface area contributed by atoms with Crippen molar-refractivity contribution in [3.05, 3.63) is 34.9 Å². The Hall–Kier alpha value is -0.860. The third-order valence-corrected chi connectivity index (χ3v) is 4.36. The van der Waals surface area contributed by atoms with Crippen molar-refractivity contribution in [2.75, 3.05) is 13.1 Å². The molecule has 1 N–H and O–H groups in total. The van der Waals surface area contributed by atoms with Gasteiger partial charge in [0.05, 0.1) is 0 Å². The molecule has 1 heterocycles. The zero-order valence-electron chi connectivity index (χ0n) is 11.6. The fourth-order valence-electron chi connectivity index (χ4n) is 3.02. The van der Waals surface area contributed by atoms with Crippen LogP contribution in [0.3, 0.4) is 0 Å². The molecule has 2 aliphatic rings. The first-order valence-corrected chi connectivity index (χ1v) is 7.26. The van der Waals surface area contributed by atoms with Gasteiger partial charge in [0.15, 0.2) is 0 Å². The minimum atomic E-state index is 0.700. The van der Waals surface area contributed by atoms with Gasteiger partial charge < -0.3 is 5.32 Å². The predicted octanol–water partition coefficient (Wildman–Crippen LogP) is 2.63. The fraction of sp³-hybridized carbons (Fsp3) is 0.625. The molecule has 0 spiro atoms. The molecule has 1 saturated carbocycles. The normalized spacial score (nSPS) is 24.7. The average Bonchev–Trinajstić information content (AvgIpc) is 3.08. The number of aryl methyl sites for hydroxylation is 2. The van der Waals surface area contributed by atoms with Crippen molar-refractivity contribution in [1.29, 1.82) is 0 Å². The molecule has 98 valence electrons. The minimum Gasteiger partial charge on any atom is -0.309 e. The van der Waals surface area contributed by atoms with Crippen molar-refractivity contribution < 1.29 is 0 Å². The van der Waals surface area contributed by atoms with Crippen LogP contribution in [0.15, 0.2) is 18.2 Å². The van der Waals surface area contributed by atoms with Gasteiger partial charge in [0.2, 0.25) is 0 Å². The lowest BCUT2D eigenvalue weighted by atomic mass is 10.1. The van der Waals surface area contributed by atoms with Crippen molar-refractivity contribution in [3.8, 4) is 0 Å². The van der Waals surface area contributed by atoms with Crippen molar-refractivity contribution in [2.45, 2.75) is 51.7 Å². The van der Waals surface area contributed by atoms with Crippen molar-refractivity contribution in [1.82, 2.24) is 10.2 Å². The minimum absolute atomic E-state index is 0.700. The molecule has 0 radical (unpaired) electrons. The highest BCUT2D eigenvalue weighted by molar-refractivity contribution is 5.30. The van der Waals surface area contributed by atoms with E-state index in [0.29, 0.717) is 6.04 Å². The van der Waals surface area contributed by atoms with Gasteiger partial charge in [-0.1, -0.05) is 23.8 Å². The number of nitrogens with zero attached hydrogens (tertiary/aromatic N) is 1. The van der Waals surface area contributed by atoms with Crippen molar-refractivity contribution in [3.63, 3.8) is 0 Å². The molecule has 2 fully saturated rings. The van der Waals surface area contributed by atoms with E-state index in [0.717, 1.165) is 12.6 Å². The van der Waals surface area contributed by atoms with E-state index in [1.807, 2.05) is 0 Å². The van der Waals surface area contributed by atoms with Gasteiger partial charge in [-0.25, -0.2) is 0 Å². The number of hydrogen-bond acceptors (Lipinski definition) is 2. The summed E-state index contributed by atoms with van der Waals surface area (Å²) in [6.45, 7) is 7.96. The lowest BCUT2D eigenvalue weighted by Gasteiger charge is -2.16. The first kappa shape index (κ1) is 12.2. The highest BCUT2D eigenvalue weighted by Crippen LogP contribution is 2.29. The summed E-state index contributed by atoms with van der Waals surface area (Å²) in [5.41, 5.74) is 4.22. The smallest absolute Gasteiger partial charge is 0.0211 e. The second-order valence-electron chi connectivity index (χ2n) is 6.02. The van der Waals surface area contributed by atoms with Crippen LogP contribution in [0.25, 0.3) is 0 Å². The Morgan fingerprint density at radius 2 is 2.06 bits per heavy atom. The van der Waals surface area contributed by atoms with E-state index >= 15 is 0 Å². The van der Waals surface area contributed by atoms with E-state index < -0.39 is 0 Å². The fourth-order valence-corrected chi connectivity index (χ4v) is 3.02. The van der Waals surface area contributed by atoms with Gasteiger partial charge in [-0.15, -0.1) is 0 Å². The van der Waals surface area contributed by atoms with Crippen LogP contribution in [0.4, 0.5) is 0 Å². The Morgan fingerprint density at radius 1 is 1.22 bits per heavy atom. The van der Waals surface area contributed by atoms with E-state index in [9.17, 15) is 0 Å². The molecular formula is C16H24N2. The van der Waals surface area contributed by atoms with Crippen LogP contribution in [0.5, 0.6) is 0 Å². The Kier molecular flexibility index (Phi) is 3.40.